The van der Waals surface area contributed by atoms with Crippen molar-refractivity contribution in [2.45, 2.75) is 25.9 Å². The molecule has 1 aromatic heterocycles. The summed E-state index contributed by atoms with van der Waals surface area (Å²) in [6, 6.07) is 10.4. The van der Waals surface area contributed by atoms with E-state index in [9.17, 15) is 9.90 Å². The zero-order valence-corrected chi connectivity index (χ0v) is 14.8. The Balaban J connectivity index is 1.65. The van der Waals surface area contributed by atoms with Crippen LogP contribution in [0.4, 0.5) is 0 Å². The van der Waals surface area contributed by atoms with Crippen molar-refractivity contribution < 1.29 is 9.90 Å². The zero-order valence-electron chi connectivity index (χ0n) is 13.9. The quantitative estimate of drug-likeness (QED) is 0.877. The van der Waals surface area contributed by atoms with Gasteiger partial charge in [-0.15, -0.1) is 0 Å². The Labute approximate surface area is 147 Å². The average molecular weight is 344 g/mol. The Hall–Kier alpha value is -1.69. The monoisotopic (exact) mass is 344 g/mol. The molecule has 1 amide bonds. The van der Waals surface area contributed by atoms with Crippen LogP contribution in [0, 0.1) is 12.8 Å². The van der Waals surface area contributed by atoms with Gasteiger partial charge in [0, 0.05) is 37.0 Å². The summed E-state index contributed by atoms with van der Waals surface area (Å²) < 4.78 is 0. The number of amides is 1. The molecular weight excluding hydrogens is 320 g/mol. The number of piperidine rings is 1. The summed E-state index contributed by atoms with van der Waals surface area (Å²) in [6.07, 6.45) is 0.900. The number of hydrogen-bond acceptors (Lipinski definition) is 4. The van der Waals surface area contributed by atoms with Crippen molar-refractivity contribution in [3.8, 4) is 0 Å². The summed E-state index contributed by atoms with van der Waals surface area (Å²) in [4.78, 5) is 14.9. The van der Waals surface area contributed by atoms with Crippen molar-refractivity contribution >= 4 is 17.2 Å². The summed E-state index contributed by atoms with van der Waals surface area (Å²) in [5, 5.41) is 16.7. The fourth-order valence-corrected chi connectivity index (χ4v) is 4.10. The lowest BCUT2D eigenvalue weighted by Crippen LogP contribution is -2.53. The van der Waals surface area contributed by atoms with Gasteiger partial charge >= 0.3 is 0 Å². The standard InChI is InChI=1S/C19H24N2O2S/c1-14-12-24-13-17(14)19(23)20-18-10-21(8-7-16(18)11-22)9-15-5-3-2-4-6-15/h2-6,12-13,16,18,22H,7-11H2,1H3,(H,20,23)/t16-,18-/m0/s1. The third-order valence-electron chi connectivity index (χ3n) is 4.74. The number of rotatable bonds is 5. The molecule has 1 saturated heterocycles. The van der Waals surface area contributed by atoms with E-state index in [4.69, 9.17) is 0 Å². The molecule has 24 heavy (non-hydrogen) atoms. The van der Waals surface area contributed by atoms with Crippen LogP contribution >= 0.6 is 11.3 Å². The lowest BCUT2D eigenvalue weighted by molar-refractivity contribution is 0.0730. The molecule has 0 spiro atoms. The molecule has 4 nitrogen and oxygen atoms in total. The van der Waals surface area contributed by atoms with Gasteiger partial charge in [0.2, 0.25) is 0 Å². The van der Waals surface area contributed by atoms with E-state index in [1.54, 1.807) is 11.3 Å². The van der Waals surface area contributed by atoms with Crippen molar-refractivity contribution in [2.24, 2.45) is 5.92 Å². The van der Waals surface area contributed by atoms with Gasteiger partial charge in [0.25, 0.3) is 5.91 Å². The van der Waals surface area contributed by atoms with E-state index >= 15 is 0 Å². The molecule has 0 aliphatic carbocycles. The Morgan fingerprint density at radius 2 is 2.12 bits per heavy atom. The molecule has 1 aromatic carbocycles. The largest absolute Gasteiger partial charge is 0.396 e. The fourth-order valence-electron chi connectivity index (χ4n) is 3.27. The Morgan fingerprint density at radius 3 is 2.79 bits per heavy atom. The third kappa shape index (κ3) is 4.04. The number of aliphatic hydroxyl groups is 1. The lowest BCUT2D eigenvalue weighted by atomic mass is 9.91. The Bertz CT molecular complexity index is 671. The minimum absolute atomic E-state index is 0.0146. The molecule has 0 saturated carbocycles. The second-order valence-electron chi connectivity index (χ2n) is 6.50. The van der Waals surface area contributed by atoms with Gasteiger partial charge in [-0.05, 0) is 36.4 Å². The highest BCUT2D eigenvalue weighted by Gasteiger charge is 2.30. The van der Waals surface area contributed by atoms with Crippen LogP contribution in [0.3, 0.4) is 0 Å². The number of aliphatic hydroxyl groups excluding tert-OH is 1. The van der Waals surface area contributed by atoms with E-state index in [-0.39, 0.29) is 24.5 Å². The number of likely N-dealkylation sites (tertiary alicyclic amines) is 1. The molecule has 2 atom stereocenters. The van der Waals surface area contributed by atoms with E-state index in [0.29, 0.717) is 0 Å². The normalized spacial score (nSPS) is 21.6. The van der Waals surface area contributed by atoms with E-state index in [0.717, 1.165) is 37.2 Å². The van der Waals surface area contributed by atoms with Crippen molar-refractivity contribution in [3.05, 3.63) is 57.8 Å². The summed E-state index contributed by atoms with van der Waals surface area (Å²) in [5.74, 6) is 0.0960. The molecule has 1 fully saturated rings. The van der Waals surface area contributed by atoms with Gasteiger partial charge in [-0.3, -0.25) is 9.69 Å². The smallest absolute Gasteiger partial charge is 0.252 e. The maximum absolute atomic E-state index is 12.5. The van der Waals surface area contributed by atoms with E-state index in [1.165, 1.54) is 5.56 Å². The van der Waals surface area contributed by atoms with Gasteiger partial charge in [0.1, 0.15) is 0 Å². The van der Waals surface area contributed by atoms with Crippen LogP contribution < -0.4 is 5.32 Å². The third-order valence-corrected chi connectivity index (χ3v) is 5.60. The number of carbonyl (C=O) groups excluding carboxylic acids is 1. The molecular formula is C19H24N2O2S. The number of nitrogens with zero attached hydrogens (tertiary/aromatic N) is 1. The highest BCUT2D eigenvalue weighted by molar-refractivity contribution is 7.08. The summed E-state index contributed by atoms with van der Waals surface area (Å²) >= 11 is 1.54. The molecule has 0 bridgehead atoms. The maximum Gasteiger partial charge on any atom is 0.252 e. The first-order valence-corrected chi connectivity index (χ1v) is 9.32. The summed E-state index contributed by atoms with van der Waals surface area (Å²) in [7, 11) is 0. The van der Waals surface area contributed by atoms with E-state index in [2.05, 4.69) is 34.5 Å². The zero-order chi connectivity index (χ0) is 16.9. The second-order valence-corrected chi connectivity index (χ2v) is 7.24. The molecule has 1 aliphatic heterocycles. The van der Waals surface area contributed by atoms with Gasteiger partial charge < -0.3 is 10.4 Å². The predicted molar refractivity (Wildman–Crippen MR) is 97.2 cm³/mol. The van der Waals surface area contributed by atoms with Crippen molar-refractivity contribution in [2.75, 3.05) is 19.7 Å². The molecule has 5 heteroatoms. The van der Waals surface area contributed by atoms with Crippen LogP contribution in [0.25, 0.3) is 0 Å². The van der Waals surface area contributed by atoms with Crippen molar-refractivity contribution in [1.29, 1.82) is 0 Å². The second kappa shape index (κ2) is 7.92. The van der Waals surface area contributed by atoms with Gasteiger partial charge in [-0.25, -0.2) is 0 Å². The number of carbonyl (C=O) groups is 1. The Kier molecular flexibility index (Phi) is 5.66. The first-order valence-electron chi connectivity index (χ1n) is 8.38. The lowest BCUT2D eigenvalue weighted by Gasteiger charge is -2.38. The molecule has 2 aromatic rings. The number of hydrogen-bond donors (Lipinski definition) is 2. The van der Waals surface area contributed by atoms with Gasteiger partial charge in [0.05, 0.1) is 5.56 Å². The maximum atomic E-state index is 12.5. The number of thiophene rings is 1. The topological polar surface area (TPSA) is 52.6 Å². The van der Waals surface area contributed by atoms with Gasteiger partial charge in [-0.1, -0.05) is 30.3 Å². The first-order chi connectivity index (χ1) is 11.7. The molecule has 0 unspecified atom stereocenters. The van der Waals surface area contributed by atoms with Gasteiger partial charge in [0.15, 0.2) is 0 Å². The van der Waals surface area contributed by atoms with Crippen molar-refractivity contribution in [3.63, 3.8) is 0 Å². The molecule has 2 heterocycles. The highest BCUT2D eigenvalue weighted by Crippen LogP contribution is 2.21. The van der Waals surface area contributed by atoms with Crippen LogP contribution in [0.2, 0.25) is 0 Å². The van der Waals surface area contributed by atoms with Gasteiger partial charge in [-0.2, -0.15) is 11.3 Å². The van der Waals surface area contributed by atoms with Crippen LogP contribution in [0.15, 0.2) is 41.1 Å². The van der Waals surface area contributed by atoms with Crippen LogP contribution in [0.1, 0.15) is 27.9 Å². The van der Waals surface area contributed by atoms with Crippen molar-refractivity contribution in [1.82, 2.24) is 10.2 Å². The summed E-state index contributed by atoms with van der Waals surface area (Å²) in [5.41, 5.74) is 3.03. The van der Waals surface area contributed by atoms with Crippen LogP contribution in [-0.2, 0) is 6.54 Å². The minimum atomic E-state index is -0.0289. The van der Waals surface area contributed by atoms with E-state index in [1.807, 2.05) is 23.8 Å². The molecule has 128 valence electrons. The number of aryl methyl sites for hydroxylation is 1. The molecule has 2 N–H and O–H groups in total. The van der Waals surface area contributed by atoms with E-state index < -0.39 is 0 Å². The predicted octanol–water partition coefficient (Wildman–Crippen LogP) is 2.67. The minimum Gasteiger partial charge on any atom is -0.396 e. The van der Waals surface area contributed by atoms with Crippen LogP contribution in [-0.4, -0.2) is 41.7 Å². The number of benzene rings is 1. The highest BCUT2D eigenvalue weighted by atomic mass is 32.1. The molecule has 3 rings (SSSR count). The molecule has 0 radical (unpaired) electrons. The Morgan fingerprint density at radius 1 is 1.33 bits per heavy atom. The average Bonchev–Trinajstić information content (AvgIpc) is 3.02. The fraction of sp³-hybridized carbons (Fsp3) is 0.421. The first kappa shape index (κ1) is 17.1. The summed E-state index contributed by atoms with van der Waals surface area (Å²) in [6.45, 7) is 4.67. The number of nitrogens with one attached hydrogen (secondary N) is 1. The van der Waals surface area contributed by atoms with Crippen LogP contribution in [0.5, 0.6) is 0 Å². The SMILES string of the molecule is Cc1cscc1C(=O)N[C@H]1CN(Cc2ccccc2)CC[C@H]1CO. The molecule has 1 aliphatic rings.